The first kappa shape index (κ1) is 24.2. The second-order valence-corrected chi connectivity index (χ2v) is 8.87. The van der Waals surface area contributed by atoms with E-state index in [4.69, 9.17) is 14.7 Å². The minimum atomic E-state index is 0.148. The van der Waals surface area contributed by atoms with Crippen molar-refractivity contribution < 1.29 is 9.53 Å². The Morgan fingerprint density at radius 2 is 1.75 bits per heavy atom. The molecule has 1 aliphatic heterocycles. The highest BCUT2D eigenvalue weighted by Crippen LogP contribution is 2.30. The number of amides is 1. The average Bonchev–Trinajstić information content (AvgIpc) is 3.23. The largest absolute Gasteiger partial charge is 0.496 e. The SMILES string of the molecule is CCN(CC)C(=O)Cc1c(C)nc([C@@H]2CCN(Cc3ccc(OC)c(C)c3C)C2)nc1C. The Hall–Kier alpha value is -2.47. The fourth-order valence-electron chi connectivity index (χ4n) is 4.72. The molecule has 1 amide bonds. The van der Waals surface area contributed by atoms with Gasteiger partial charge < -0.3 is 9.64 Å². The molecule has 0 spiro atoms. The molecule has 6 nitrogen and oxygen atoms in total. The van der Waals surface area contributed by atoms with E-state index in [0.717, 1.165) is 67.7 Å². The predicted molar refractivity (Wildman–Crippen MR) is 128 cm³/mol. The molecule has 0 aliphatic carbocycles. The summed E-state index contributed by atoms with van der Waals surface area (Å²) in [6.45, 7) is 16.8. The molecule has 32 heavy (non-hydrogen) atoms. The molecule has 6 heteroatoms. The lowest BCUT2D eigenvalue weighted by Crippen LogP contribution is -2.32. The first-order chi connectivity index (χ1) is 15.3. The number of rotatable bonds is 8. The van der Waals surface area contributed by atoms with Crippen LogP contribution in [0.4, 0.5) is 0 Å². The van der Waals surface area contributed by atoms with Crippen LogP contribution in [0, 0.1) is 27.7 Å². The maximum Gasteiger partial charge on any atom is 0.227 e. The van der Waals surface area contributed by atoms with Crippen molar-refractivity contribution in [2.24, 2.45) is 0 Å². The zero-order chi connectivity index (χ0) is 23.4. The van der Waals surface area contributed by atoms with Gasteiger partial charge in [-0.2, -0.15) is 0 Å². The third-order valence-electron chi connectivity index (χ3n) is 6.98. The summed E-state index contributed by atoms with van der Waals surface area (Å²) < 4.78 is 5.45. The number of nitrogens with zero attached hydrogens (tertiary/aromatic N) is 4. The van der Waals surface area contributed by atoms with Gasteiger partial charge in [-0.15, -0.1) is 0 Å². The minimum absolute atomic E-state index is 0.148. The summed E-state index contributed by atoms with van der Waals surface area (Å²) in [5.41, 5.74) is 6.72. The monoisotopic (exact) mass is 438 g/mol. The first-order valence-electron chi connectivity index (χ1n) is 11.8. The standard InChI is InChI=1S/C26H38N4O2/c1-8-30(9-2)25(31)14-23-19(5)27-26(28-20(23)6)22-12-13-29(16-22)15-21-10-11-24(32-7)18(4)17(21)3/h10-11,22H,8-9,12-16H2,1-7H3/t22-/m1/s1. The summed E-state index contributed by atoms with van der Waals surface area (Å²) >= 11 is 0. The van der Waals surface area contributed by atoms with Crippen LogP contribution in [0.3, 0.4) is 0 Å². The van der Waals surface area contributed by atoms with Crippen molar-refractivity contribution in [1.29, 1.82) is 0 Å². The van der Waals surface area contributed by atoms with Gasteiger partial charge >= 0.3 is 0 Å². The highest BCUT2D eigenvalue weighted by molar-refractivity contribution is 5.79. The van der Waals surface area contributed by atoms with Gasteiger partial charge in [0.25, 0.3) is 0 Å². The van der Waals surface area contributed by atoms with Gasteiger partial charge in [0.15, 0.2) is 0 Å². The van der Waals surface area contributed by atoms with Crippen molar-refractivity contribution >= 4 is 5.91 Å². The van der Waals surface area contributed by atoms with Crippen LogP contribution in [0.2, 0.25) is 0 Å². The van der Waals surface area contributed by atoms with E-state index in [9.17, 15) is 4.79 Å². The van der Waals surface area contributed by atoms with Gasteiger partial charge in [-0.3, -0.25) is 9.69 Å². The number of aryl methyl sites for hydroxylation is 2. The normalized spacial score (nSPS) is 16.4. The summed E-state index contributed by atoms with van der Waals surface area (Å²) in [5.74, 6) is 2.35. The molecular weight excluding hydrogens is 400 g/mol. The van der Waals surface area contributed by atoms with Gasteiger partial charge in [-0.05, 0) is 77.3 Å². The Kier molecular flexibility index (Phi) is 7.88. The number of aromatic nitrogens is 2. The second kappa shape index (κ2) is 10.4. The lowest BCUT2D eigenvalue weighted by Gasteiger charge is -2.21. The highest BCUT2D eigenvalue weighted by Gasteiger charge is 2.28. The van der Waals surface area contributed by atoms with Crippen molar-refractivity contribution in [3.63, 3.8) is 0 Å². The molecule has 1 fully saturated rings. The highest BCUT2D eigenvalue weighted by atomic mass is 16.5. The van der Waals surface area contributed by atoms with Gasteiger partial charge in [-0.1, -0.05) is 6.07 Å². The number of carbonyl (C=O) groups is 1. The fourth-order valence-corrected chi connectivity index (χ4v) is 4.72. The molecule has 0 unspecified atom stereocenters. The third kappa shape index (κ3) is 5.12. The molecule has 0 bridgehead atoms. The smallest absolute Gasteiger partial charge is 0.227 e. The van der Waals surface area contributed by atoms with Crippen molar-refractivity contribution in [3.05, 3.63) is 51.6 Å². The number of benzene rings is 1. The van der Waals surface area contributed by atoms with E-state index in [1.165, 1.54) is 16.7 Å². The van der Waals surface area contributed by atoms with Crippen LogP contribution in [-0.2, 0) is 17.8 Å². The Morgan fingerprint density at radius 3 is 2.34 bits per heavy atom. The van der Waals surface area contributed by atoms with Crippen molar-refractivity contribution in [2.75, 3.05) is 33.3 Å². The molecule has 0 N–H and O–H groups in total. The van der Waals surface area contributed by atoms with Gasteiger partial charge in [0.2, 0.25) is 5.91 Å². The number of likely N-dealkylation sites (N-methyl/N-ethyl adjacent to an activating group) is 1. The van der Waals surface area contributed by atoms with Crippen molar-refractivity contribution in [3.8, 4) is 5.75 Å². The maximum absolute atomic E-state index is 12.6. The molecule has 2 heterocycles. The van der Waals surface area contributed by atoms with Crippen LogP contribution < -0.4 is 4.74 Å². The third-order valence-corrected chi connectivity index (χ3v) is 6.98. The lowest BCUT2D eigenvalue weighted by molar-refractivity contribution is -0.130. The molecule has 1 aromatic carbocycles. The molecular formula is C26H38N4O2. The lowest BCUT2D eigenvalue weighted by atomic mass is 10.0. The second-order valence-electron chi connectivity index (χ2n) is 8.87. The van der Waals surface area contributed by atoms with E-state index in [1.807, 2.05) is 32.6 Å². The van der Waals surface area contributed by atoms with Gasteiger partial charge in [0.05, 0.1) is 13.5 Å². The summed E-state index contributed by atoms with van der Waals surface area (Å²) in [5, 5.41) is 0. The molecule has 1 atom stereocenters. The van der Waals surface area contributed by atoms with E-state index in [1.54, 1.807) is 7.11 Å². The summed E-state index contributed by atoms with van der Waals surface area (Å²) in [6, 6.07) is 4.25. The number of likely N-dealkylation sites (tertiary alicyclic amines) is 1. The summed E-state index contributed by atoms with van der Waals surface area (Å²) in [6.07, 6.45) is 1.44. The van der Waals surface area contributed by atoms with Gasteiger partial charge in [0, 0.05) is 49.0 Å². The molecule has 174 valence electrons. The number of methoxy groups -OCH3 is 1. The van der Waals surface area contributed by atoms with Crippen LogP contribution in [0.5, 0.6) is 5.75 Å². The minimum Gasteiger partial charge on any atom is -0.496 e. The van der Waals surface area contributed by atoms with Crippen LogP contribution in [-0.4, -0.2) is 59.0 Å². The molecule has 1 aromatic heterocycles. The molecule has 3 rings (SSSR count). The zero-order valence-electron chi connectivity index (χ0n) is 20.8. The van der Waals surface area contributed by atoms with Crippen LogP contribution in [0.15, 0.2) is 12.1 Å². The van der Waals surface area contributed by atoms with E-state index in [2.05, 4.69) is 30.9 Å². The average molecular weight is 439 g/mol. The molecule has 1 aliphatic rings. The Bertz CT molecular complexity index is 946. The van der Waals surface area contributed by atoms with Crippen molar-refractivity contribution in [2.45, 2.75) is 66.8 Å². The molecule has 2 aromatic rings. The Balaban J connectivity index is 1.70. The summed E-state index contributed by atoms with van der Waals surface area (Å²) in [7, 11) is 1.72. The fraction of sp³-hybridized carbons (Fsp3) is 0.577. The van der Waals surface area contributed by atoms with E-state index in [0.29, 0.717) is 12.3 Å². The van der Waals surface area contributed by atoms with E-state index < -0.39 is 0 Å². The zero-order valence-corrected chi connectivity index (χ0v) is 20.8. The van der Waals surface area contributed by atoms with Gasteiger partial charge in [0.1, 0.15) is 11.6 Å². The Labute approximate surface area is 193 Å². The predicted octanol–water partition coefficient (Wildman–Crippen LogP) is 4.12. The summed E-state index contributed by atoms with van der Waals surface area (Å²) in [4.78, 5) is 26.6. The quantitative estimate of drug-likeness (QED) is 0.621. The number of hydrogen-bond donors (Lipinski definition) is 0. The van der Waals surface area contributed by atoms with E-state index in [-0.39, 0.29) is 5.91 Å². The molecule has 0 radical (unpaired) electrons. The van der Waals surface area contributed by atoms with Crippen LogP contribution >= 0.6 is 0 Å². The molecule has 1 saturated heterocycles. The first-order valence-corrected chi connectivity index (χ1v) is 11.8. The topological polar surface area (TPSA) is 58.6 Å². The number of hydrogen-bond acceptors (Lipinski definition) is 5. The van der Waals surface area contributed by atoms with Crippen LogP contribution in [0.1, 0.15) is 65.7 Å². The number of carbonyl (C=O) groups excluding carboxylic acids is 1. The van der Waals surface area contributed by atoms with E-state index >= 15 is 0 Å². The molecule has 0 saturated carbocycles. The number of ether oxygens (including phenoxy) is 1. The van der Waals surface area contributed by atoms with Crippen molar-refractivity contribution in [1.82, 2.24) is 19.8 Å². The Morgan fingerprint density at radius 1 is 1.09 bits per heavy atom. The van der Waals surface area contributed by atoms with Crippen LogP contribution in [0.25, 0.3) is 0 Å². The maximum atomic E-state index is 12.6. The van der Waals surface area contributed by atoms with Gasteiger partial charge in [-0.25, -0.2) is 9.97 Å².